The van der Waals surface area contributed by atoms with E-state index >= 15 is 0 Å². The van der Waals surface area contributed by atoms with E-state index in [2.05, 4.69) is 5.32 Å². The first-order chi connectivity index (χ1) is 9.62. The smallest absolute Gasteiger partial charge is 0.338 e. The molecule has 110 valence electrons. The molecule has 1 aromatic carbocycles. The van der Waals surface area contributed by atoms with Gasteiger partial charge in [-0.2, -0.15) is 0 Å². The largest absolute Gasteiger partial charge is 0.462 e. The highest BCUT2D eigenvalue weighted by molar-refractivity contribution is 5.95. The number of ether oxygens (including phenoxy) is 1. The van der Waals surface area contributed by atoms with Gasteiger partial charge in [0.1, 0.15) is 0 Å². The molecule has 0 bridgehead atoms. The first kappa shape index (κ1) is 16.2. The zero-order valence-electron chi connectivity index (χ0n) is 12.0. The Kier molecular flexibility index (Phi) is 6.73. The molecule has 0 heterocycles. The Labute approximate surface area is 119 Å². The van der Waals surface area contributed by atoms with Crippen molar-refractivity contribution in [2.45, 2.75) is 26.7 Å². The second-order valence-corrected chi connectivity index (χ2v) is 4.51. The van der Waals surface area contributed by atoms with Crippen LogP contribution in [0.25, 0.3) is 0 Å². The summed E-state index contributed by atoms with van der Waals surface area (Å²) in [4.78, 5) is 23.7. The normalized spacial score (nSPS) is 11.8. The van der Waals surface area contributed by atoms with Gasteiger partial charge in [-0.3, -0.25) is 4.79 Å². The molecule has 0 aliphatic carbocycles. The van der Waals surface area contributed by atoms with Crippen molar-refractivity contribution in [1.29, 1.82) is 0 Å². The molecule has 5 nitrogen and oxygen atoms in total. The Morgan fingerprint density at radius 2 is 2.10 bits per heavy atom. The van der Waals surface area contributed by atoms with Gasteiger partial charge in [0.2, 0.25) is 5.91 Å². The third-order valence-electron chi connectivity index (χ3n) is 2.93. The van der Waals surface area contributed by atoms with Crippen LogP contribution < -0.4 is 11.1 Å². The molecular formula is C15H22N2O3. The number of nitrogens with one attached hydrogen (secondary N) is 1. The number of hydrogen-bond acceptors (Lipinski definition) is 4. The highest BCUT2D eigenvalue weighted by Gasteiger charge is 2.16. The monoisotopic (exact) mass is 278 g/mol. The summed E-state index contributed by atoms with van der Waals surface area (Å²) in [6, 6.07) is 6.70. The average molecular weight is 278 g/mol. The average Bonchev–Trinajstić information content (AvgIpc) is 2.45. The number of nitrogens with two attached hydrogens (primary N) is 1. The van der Waals surface area contributed by atoms with E-state index in [0.29, 0.717) is 24.4 Å². The van der Waals surface area contributed by atoms with Crippen molar-refractivity contribution >= 4 is 17.6 Å². The molecular weight excluding hydrogens is 256 g/mol. The Balaban J connectivity index is 2.75. The molecule has 1 unspecified atom stereocenters. The van der Waals surface area contributed by atoms with Crippen LogP contribution in [0.2, 0.25) is 0 Å². The van der Waals surface area contributed by atoms with Gasteiger partial charge in [0.25, 0.3) is 0 Å². The maximum atomic E-state index is 12.0. The summed E-state index contributed by atoms with van der Waals surface area (Å²) in [7, 11) is 0. The van der Waals surface area contributed by atoms with Crippen molar-refractivity contribution in [2.24, 2.45) is 11.7 Å². The molecule has 3 N–H and O–H groups in total. The van der Waals surface area contributed by atoms with E-state index in [-0.39, 0.29) is 11.8 Å². The maximum absolute atomic E-state index is 12.0. The topological polar surface area (TPSA) is 81.4 Å². The Hall–Kier alpha value is -1.88. The van der Waals surface area contributed by atoms with Gasteiger partial charge in [-0.25, -0.2) is 4.79 Å². The first-order valence-corrected chi connectivity index (χ1v) is 6.90. The summed E-state index contributed by atoms with van der Waals surface area (Å²) in [6.07, 6.45) is 1.65. The van der Waals surface area contributed by atoms with E-state index in [0.717, 1.165) is 12.8 Å². The lowest BCUT2D eigenvalue weighted by Gasteiger charge is -2.14. The van der Waals surface area contributed by atoms with E-state index in [1.807, 2.05) is 6.92 Å². The number of amides is 1. The van der Waals surface area contributed by atoms with Crippen molar-refractivity contribution in [2.75, 3.05) is 18.5 Å². The van der Waals surface area contributed by atoms with Crippen LogP contribution in [0.4, 0.5) is 5.69 Å². The summed E-state index contributed by atoms with van der Waals surface area (Å²) in [5.74, 6) is -0.714. The van der Waals surface area contributed by atoms with Gasteiger partial charge in [-0.1, -0.05) is 19.4 Å². The molecule has 0 saturated heterocycles. The van der Waals surface area contributed by atoms with Gasteiger partial charge in [-0.15, -0.1) is 0 Å². The van der Waals surface area contributed by atoms with Crippen LogP contribution in [0.1, 0.15) is 37.0 Å². The fraction of sp³-hybridized carbons (Fsp3) is 0.467. The van der Waals surface area contributed by atoms with E-state index in [4.69, 9.17) is 10.5 Å². The summed E-state index contributed by atoms with van der Waals surface area (Å²) >= 11 is 0. The maximum Gasteiger partial charge on any atom is 0.338 e. The Morgan fingerprint density at radius 1 is 1.35 bits per heavy atom. The molecule has 0 aliphatic rings. The predicted octanol–water partition coefficient (Wildman–Crippen LogP) is 2.18. The molecule has 0 fully saturated rings. The van der Waals surface area contributed by atoms with Crippen LogP contribution >= 0.6 is 0 Å². The van der Waals surface area contributed by atoms with E-state index in [1.54, 1.807) is 31.2 Å². The summed E-state index contributed by atoms with van der Waals surface area (Å²) in [6.45, 7) is 4.40. The Morgan fingerprint density at radius 3 is 2.70 bits per heavy atom. The van der Waals surface area contributed by atoms with Crippen molar-refractivity contribution in [3.63, 3.8) is 0 Å². The van der Waals surface area contributed by atoms with Crippen LogP contribution in [-0.4, -0.2) is 25.0 Å². The quantitative estimate of drug-likeness (QED) is 0.749. The van der Waals surface area contributed by atoms with Gasteiger partial charge in [0, 0.05) is 12.2 Å². The second kappa shape index (κ2) is 8.32. The lowest BCUT2D eigenvalue weighted by molar-refractivity contribution is -0.119. The minimum Gasteiger partial charge on any atom is -0.462 e. The highest BCUT2D eigenvalue weighted by atomic mass is 16.5. The minimum absolute atomic E-state index is 0.115. The van der Waals surface area contributed by atoms with Crippen molar-refractivity contribution in [3.05, 3.63) is 29.8 Å². The number of hydrogen-bond donors (Lipinski definition) is 2. The summed E-state index contributed by atoms with van der Waals surface area (Å²) in [5, 5.41) is 2.79. The van der Waals surface area contributed by atoms with Gasteiger partial charge in [0.05, 0.1) is 18.1 Å². The highest BCUT2D eigenvalue weighted by Crippen LogP contribution is 2.14. The SMILES string of the molecule is CCCC(CN)C(=O)Nc1cccc(C(=O)OCC)c1. The number of carbonyl (C=O) groups excluding carboxylic acids is 2. The van der Waals surface area contributed by atoms with Crippen molar-refractivity contribution in [1.82, 2.24) is 0 Å². The molecule has 1 amide bonds. The van der Waals surface area contributed by atoms with Gasteiger partial charge < -0.3 is 15.8 Å². The van der Waals surface area contributed by atoms with E-state index < -0.39 is 5.97 Å². The zero-order chi connectivity index (χ0) is 15.0. The number of benzene rings is 1. The fourth-order valence-electron chi connectivity index (χ4n) is 1.89. The molecule has 0 saturated carbocycles. The molecule has 0 aromatic heterocycles. The van der Waals surface area contributed by atoms with Crippen molar-refractivity contribution in [3.8, 4) is 0 Å². The third-order valence-corrected chi connectivity index (χ3v) is 2.93. The molecule has 1 atom stereocenters. The predicted molar refractivity (Wildman–Crippen MR) is 78.5 cm³/mol. The standard InChI is InChI=1S/C15H22N2O3/c1-3-6-12(10-16)14(18)17-13-8-5-7-11(9-13)15(19)20-4-2/h5,7-9,12H,3-4,6,10,16H2,1-2H3,(H,17,18). The van der Waals surface area contributed by atoms with Crippen molar-refractivity contribution < 1.29 is 14.3 Å². The van der Waals surface area contributed by atoms with Gasteiger partial charge >= 0.3 is 5.97 Å². The van der Waals surface area contributed by atoms with E-state index in [1.165, 1.54) is 0 Å². The van der Waals surface area contributed by atoms with Crippen LogP contribution in [-0.2, 0) is 9.53 Å². The van der Waals surface area contributed by atoms with E-state index in [9.17, 15) is 9.59 Å². The lowest BCUT2D eigenvalue weighted by Crippen LogP contribution is -2.29. The molecule has 0 radical (unpaired) electrons. The first-order valence-electron chi connectivity index (χ1n) is 6.90. The number of anilines is 1. The van der Waals surface area contributed by atoms with Crippen LogP contribution in [0.15, 0.2) is 24.3 Å². The van der Waals surface area contributed by atoms with Crippen LogP contribution in [0.3, 0.4) is 0 Å². The van der Waals surface area contributed by atoms with Gasteiger partial charge in [-0.05, 0) is 31.5 Å². The molecule has 20 heavy (non-hydrogen) atoms. The summed E-state index contributed by atoms with van der Waals surface area (Å²) in [5.41, 5.74) is 6.60. The molecule has 1 rings (SSSR count). The number of carbonyl (C=O) groups is 2. The molecule has 5 heteroatoms. The third kappa shape index (κ3) is 4.66. The molecule has 1 aromatic rings. The fourth-order valence-corrected chi connectivity index (χ4v) is 1.89. The van der Waals surface area contributed by atoms with Gasteiger partial charge in [0.15, 0.2) is 0 Å². The zero-order valence-corrected chi connectivity index (χ0v) is 12.0. The number of rotatable bonds is 7. The minimum atomic E-state index is -0.396. The second-order valence-electron chi connectivity index (χ2n) is 4.51. The van der Waals surface area contributed by atoms with Crippen LogP contribution in [0.5, 0.6) is 0 Å². The lowest BCUT2D eigenvalue weighted by atomic mass is 10.0. The summed E-state index contributed by atoms with van der Waals surface area (Å²) < 4.78 is 4.92. The molecule has 0 spiro atoms. The van der Waals surface area contributed by atoms with Crippen LogP contribution in [0, 0.1) is 5.92 Å². The Bertz CT molecular complexity index is 460. The number of esters is 1. The molecule has 0 aliphatic heterocycles.